The Bertz CT molecular complexity index is 391. The molecule has 0 aliphatic carbocycles. The molecule has 0 bridgehead atoms. The van der Waals surface area contributed by atoms with Crippen LogP contribution in [-0.2, 0) is 9.53 Å². The molecule has 0 aromatic heterocycles. The molecule has 1 unspecified atom stereocenters. The fourth-order valence-corrected chi connectivity index (χ4v) is 2.61. The van der Waals surface area contributed by atoms with Crippen molar-refractivity contribution >= 4 is 5.97 Å². The van der Waals surface area contributed by atoms with Gasteiger partial charge in [0.15, 0.2) is 0 Å². The summed E-state index contributed by atoms with van der Waals surface area (Å²) in [5.74, 6) is -0.0868. The fourth-order valence-electron chi connectivity index (χ4n) is 2.61. The number of carbonyl (C=O) groups excluding carboxylic acids is 1. The second kappa shape index (κ2) is 7.29. The van der Waals surface area contributed by atoms with E-state index in [4.69, 9.17) is 4.74 Å². The van der Waals surface area contributed by atoms with Crippen LogP contribution < -0.4 is 0 Å². The van der Waals surface area contributed by atoms with Gasteiger partial charge in [0.05, 0.1) is 13.2 Å². The molecule has 1 aliphatic rings. The first kappa shape index (κ1) is 14.1. The van der Waals surface area contributed by atoms with E-state index in [1.165, 1.54) is 5.56 Å². The molecular weight excluding hydrogens is 238 g/mol. The van der Waals surface area contributed by atoms with Crippen molar-refractivity contribution < 1.29 is 9.53 Å². The van der Waals surface area contributed by atoms with E-state index < -0.39 is 0 Å². The van der Waals surface area contributed by atoms with Gasteiger partial charge in [0, 0.05) is 6.04 Å². The Morgan fingerprint density at radius 2 is 2.16 bits per heavy atom. The molecule has 1 aliphatic heterocycles. The monoisotopic (exact) mass is 261 g/mol. The fraction of sp³-hybridized carbons (Fsp3) is 0.562. The maximum atomic E-state index is 11.8. The first-order valence-corrected chi connectivity index (χ1v) is 7.26. The van der Waals surface area contributed by atoms with Crippen molar-refractivity contribution in [3.05, 3.63) is 35.9 Å². The number of carbonyl (C=O) groups is 1. The molecule has 1 atom stereocenters. The standard InChI is InChI=1S/C16H23NO2/c1-2-3-12-19-16(18)13-17-11-7-10-15(17)14-8-5-4-6-9-14/h4-6,8-9,15H,2-3,7,10-13H2,1H3. The van der Waals surface area contributed by atoms with Gasteiger partial charge in [-0.2, -0.15) is 0 Å². The van der Waals surface area contributed by atoms with Gasteiger partial charge in [0.25, 0.3) is 0 Å². The van der Waals surface area contributed by atoms with Gasteiger partial charge in [0.1, 0.15) is 0 Å². The topological polar surface area (TPSA) is 29.5 Å². The summed E-state index contributed by atoms with van der Waals surface area (Å²) in [5.41, 5.74) is 1.31. The predicted molar refractivity (Wildman–Crippen MR) is 75.9 cm³/mol. The Labute approximate surface area is 115 Å². The molecule has 19 heavy (non-hydrogen) atoms. The third-order valence-corrected chi connectivity index (χ3v) is 3.64. The molecule has 3 nitrogen and oxygen atoms in total. The SMILES string of the molecule is CCCCOC(=O)CN1CCCC1c1ccccc1. The van der Waals surface area contributed by atoms with E-state index in [0.29, 0.717) is 19.2 Å². The summed E-state index contributed by atoms with van der Waals surface area (Å²) >= 11 is 0. The van der Waals surface area contributed by atoms with Crippen molar-refractivity contribution in [1.29, 1.82) is 0 Å². The van der Waals surface area contributed by atoms with Crippen LogP contribution in [0.1, 0.15) is 44.2 Å². The van der Waals surface area contributed by atoms with Crippen molar-refractivity contribution in [2.75, 3.05) is 19.7 Å². The molecule has 1 heterocycles. The number of unbranched alkanes of at least 4 members (excludes halogenated alkanes) is 1. The molecule has 0 N–H and O–H groups in total. The summed E-state index contributed by atoms with van der Waals surface area (Å²) in [4.78, 5) is 14.0. The van der Waals surface area contributed by atoms with Crippen LogP contribution >= 0.6 is 0 Å². The number of ether oxygens (including phenoxy) is 1. The van der Waals surface area contributed by atoms with Crippen LogP contribution in [0.3, 0.4) is 0 Å². The second-order valence-corrected chi connectivity index (χ2v) is 5.11. The number of nitrogens with zero attached hydrogens (tertiary/aromatic N) is 1. The molecule has 0 amide bonds. The average Bonchev–Trinajstić information content (AvgIpc) is 2.88. The Morgan fingerprint density at radius 3 is 2.89 bits per heavy atom. The Morgan fingerprint density at radius 1 is 1.37 bits per heavy atom. The zero-order valence-corrected chi connectivity index (χ0v) is 11.7. The maximum absolute atomic E-state index is 11.8. The average molecular weight is 261 g/mol. The Hall–Kier alpha value is -1.35. The lowest BCUT2D eigenvalue weighted by atomic mass is 10.0. The predicted octanol–water partition coefficient (Wildman–Crippen LogP) is 3.17. The van der Waals surface area contributed by atoms with Crippen LogP contribution in [0, 0.1) is 0 Å². The van der Waals surface area contributed by atoms with Crippen molar-refractivity contribution in [2.45, 2.75) is 38.6 Å². The quantitative estimate of drug-likeness (QED) is 0.582. The summed E-state index contributed by atoms with van der Waals surface area (Å²) in [7, 11) is 0. The number of rotatable bonds is 6. The molecule has 1 saturated heterocycles. The van der Waals surface area contributed by atoms with Gasteiger partial charge in [-0.15, -0.1) is 0 Å². The molecular formula is C16H23NO2. The molecule has 1 aromatic rings. The third-order valence-electron chi connectivity index (χ3n) is 3.64. The molecule has 104 valence electrons. The van der Waals surface area contributed by atoms with Gasteiger partial charge in [-0.25, -0.2) is 0 Å². The largest absolute Gasteiger partial charge is 0.465 e. The second-order valence-electron chi connectivity index (χ2n) is 5.11. The summed E-state index contributed by atoms with van der Waals surface area (Å²) in [6.07, 6.45) is 4.30. The van der Waals surface area contributed by atoms with E-state index in [2.05, 4.69) is 36.1 Å². The molecule has 1 fully saturated rings. The van der Waals surface area contributed by atoms with Crippen LogP contribution in [-0.4, -0.2) is 30.6 Å². The lowest BCUT2D eigenvalue weighted by molar-refractivity contribution is -0.145. The molecule has 1 aromatic carbocycles. The van der Waals surface area contributed by atoms with Gasteiger partial charge >= 0.3 is 5.97 Å². The van der Waals surface area contributed by atoms with E-state index in [9.17, 15) is 4.79 Å². The van der Waals surface area contributed by atoms with E-state index in [-0.39, 0.29) is 5.97 Å². The Kier molecular flexibility index (Phi) is 5.40. The van der Waals surface area contributed by atoms with E-state index >= 15 is 0 Å². The van der Waals surface area contributed by atoms with Crippen molar-refractivity contribution in [3.8, 4) is 0 Å². The minimum Gasteiger partial charge on any atom is -0.465 e. The normalized spacial score (nSPS) is 19.5. The van der Waals surface area contributed by atoms with Crippen LogP contribution in [0.5, 0.6) is 0 Å². The zero-order chi connectivity index (χ0) is 13.5. The van der Waals surface area contributed by atoms with Gasteiger partial charge in [-0.3, -0.25) is 9.69 Å². The van der Waals surface area contributed by atoms with Crippen LogP contribution in [0.4, 0.5) is 0 Å². The smallest absolute Gasteiger partial charge is 0.320 e. The number of benzene rings is 1. The van der Waals surface area contributed by atoms with E-state index in [0.717, 1.165) is 32.2 Å². The molecule has 3 heteroatoms. The van der Waals surface area contributed by atoms with Crippen molar-refractivity contribution in [2.24, 2.45) is 0 Å². The lowest BCUT2D eigenvalue weighted by Gasteiger charge is -2.23. The highest BCUT2D eigenvalue weighted by atomic mass is 16.5. The summed E-state index contributed by atoms with van der Waals surface area (Å²) in [5, 5.41) is 0. The van der Waals surface area contributed by atoms with Gasteiger partial charge < -0.3 is 4.74 Å². The summed E-state index contributed by atoms with van der Waals surface area (Å²) in [6, 6.07) is 10.8. The number of hydrogen-bond donors (Lipinski definition) is 0. The molecule has 0 spiro atoms. The minimum atomic E-state index is -0.0868. The Balaban J connectivity index is 1.87. The number of esters is 1. The van der Waals surface area contributed by atoms with Crippen molar-refractivity contribution in [3.63, 3.8) is 0 Å². The van der Waals surface area contributed by atoms with Crippen LogP contribution in [0.15, 0.2) is 30.3 Å². The molecule has 0 radical (unpaired) electrons. The summed E-state index contributed by atoms with van der Waals surface area (Å²) < 4.78 is 5.25. The number of hydrogen-bond acceptors (Lipinski definition) is 3. The number of likely N-dealkylation sites (tertiary alicyclic amines) is 1. The van der Waals surface area contributed by atoms with E-state index in [1.54, 1.807) is 0 Å². The van der Waals surface area contributed by atoms with Crippen LogP contribution in [0.25, 0.3) is 0 Å². The molecule has 2 rings (SSSR count). The van der Waals surface area contributed by atoms with Crippen molar-refractivity contribution in [1.82, 2.24) is 4.90 Å². The molecule has 0 saturated carbocycles. The first-order chi connectivity index (χ1) is 9.31. The van der Waals surface area contributed by atoms with Gasteiger partial charge in [-0.05, 0) is 31.4 Å². The first-order valence-electron chi connectivity index (χ1n) is 7.26. The highest BCUT2D eigenvalue weighted by Crippen LogP contribution is 2.31. The lowest BCUT2D eigenvalue weighted by Crippen LogP contribution is -2.30. The summed E-state index contributed by atoms with van der Waals surface area (Å²) in [6.45, 7) is 4.06. The zero-order valence-electron chi connectivity index (χ0n) is 11.7. The minimum absolute atomic E-state index is 0.0868. The highest BCUT2D eigenvalue weighted by molar-refractivity contribution is 5.71. The van der Waals surface area contributed by atoms with Gasteiger partial charge in [0.2, 0.25) is 0 Å². The van der Waals surface area contributed by atoms with Gasteiger partial charge in [-0.1, -0.05) is 43.7 Å². The third kappa shape index (κ3) is 4.06. The highest BCUT2D eigenvalue weighted by Gasteiger charge is 2.27. The van der Waals surface area contributed by atoms with E-state index in [1.807, 2.05) is 6.07 Å². The van der Waals surface area contributed by atoms with Crippen LogP contribution in [0.2, 0.25) is 0 Å². The maximum Gasteiger partial charge on any atom is 0.320 e.